The number of urea groups is 1. The van der Waals surface area contributed by atoms with Gasteiger partial charge in [0.05, 0.1) is 11.5 Å². The van der Waals surface area contributed by atoms with E-state index in [0.717, 1.165) is 4.90 Å². The number of rotatable bonds is 8. The van der Waals surface area contributed by atoms with Crippen molar-refractivity contribution in [2.24, 2.45) is 5.73 Å². The van der Waals surface area contributed by atoms with Gasteiger partial charge in [0.25, 0.3) is 5.69 Å². The van der Waals surface area contributed by atoms with Crippen LogP contribution in [0.4, 0.5) is 15.3 Å². The van der Waals surface area contributed by atoms with Crippen LogP contribution in [0.25, 0.3) is 0 Å². The molecule has 184 valence electrons. The SMILES string of the molecule is CC(=O)C1(N)C=CN([C@H]2C[C@H](OC(=O)OCC(C)c3ccccc3[N+](=O)[O-])[C@@H](CO)O2)C(=O)N1. The number of Topliss-reactive ketones (excluding diaryl/α,β-unsaturated/α-hetero) is 1. The van der Waals surface area contributed by atoms with Gasteiger partial charge in [-0.25, -0.2) is 9.59 Å². The number of para-hydroxylation sites is 1. The summed E-state index contributed by atoms with van der Waals surface area (Å²) in [7, 11) is 0. The number of carbonyl (C=O) groups excluding carboxylic acids is 3. The maximum Gasteiger partial charge on any atom is 0.508 e. The molecule has 1 saturated heterocycles. The summed E-state index contributed by atoms with van der Waals surface area (Å²) in [4.78, 5) is 48.1. The van der Waals surface area contributed by atoms with Gasteiger partial charge in [0.15, 0.2) is 11.4 Å². The fourth-order valence-electron chi connectivity index (χ4n) is 3.65. The Morgan fingerprint density at radius 3 is 2.76 bits per heavy atom. The minimum Gasteiger partial charge on any atom is -0.434 e. The zero-order valence-corrected chi connectivity index (χ0v) is 18.6. The number of nitro groups is 1. The van der Waals surface area contributed by atoms with Gasteiger partial charge in [-0.05, 0) is 13.0 Å². The van der Waals surface area contributed by atoms with Gasteiger partial charge in [-0.15, -0.1) is 0 Å². The number of ketones is 1. The van der Waals surface area contributed by atoms with Crippen molar-refractivity contribution in [3.05, 3.63) is 52.2 Å². The van der Waals surface area contributed by atoms with Crippen LogP contribution in [-0.4, -0.2) is 70.2 Å². The highest BCUT2D eigenvalue weighted by Crippen LogP contribution is 2.29. The molecule has 0 bridgehead atoms. The summed E-state index contributed by atoms with van der Waals surface area (Å²) in [6, 6.07) is 5.44. The number of nitrogens with two attached hydrogens (primary N) is 1. The normalized spacial score (nSPS) is 27.1. The van der Waals surface area contributed by atoms with Crippen molar-refractivity contribution in [3.8, 4) is 0 Å². The van der Waals surface area contributed by atoms with E-state index < -0.39 is 59.5 Å². The number of carbonyl (C=O) groups is 3. The van der Waals surface area contributed by atoms with Crippen molar-refractivity contribution >= 4 is 23.7 Å². The first-order chi connectivity index (χ1) is 16.1. The molecule has 2 unspecified atom stereocenters. The Kier molecular flexibility index (Phi) is 7.49. The Labute approximate surface area is 194 Å². The summed E-state index contributed by atoms with van der Waals surface area (Å²) in [5.41, 5.74) is 4.51. The van der Waals surface area contributed by atoms with Gasteiger partial charge in [-0.3, -0.25) is 25.5 Å². The minimum atomic E-state index is -1.63. The number of nitrogens with one attached hydrogen (secondary N) is 1. The van der Waals surface area contributed by atoms with Gasteiger partial charge < -0.3 is 24.6 Å². The van der Waals surface area contributed by atoms with Gasteiger partial charge in [0, 0.05) is 30.2 Å². The molecule has 1 aromatic rings. The van der Waals surface area contributed by atoms with Crippen LogP contribution in [0.3, 0.4) is 0 Å². The monoisotopic (exact) mass is 478 g/mol. The third-order valence-electron chi connectivity index (χ3n) is 5.66. The van der Waals surface area contributed by atoms with Crippen LogP contribution in [0.5, 0.6) is 0 Å². The molecular weight excluding hydrogens is 452 g/mol. The quantitative estimate of drug-likeness (QED) is 0.278. The number of benzene rings is 1. The summed E-state index contributed by atoms with van der Waals surface area (Å²) >= 11 is 0. The van der Waals surface area contributed by atoms with Crippen LogP contribution in [0.1, 0.15) is 31.7 Å². The van der Waals surface area contributed by atoms with Gasteiger partial charge >= 0.3 is 12.2 Å². The van der Waals surface area contributed by atoms with Gasteiger partial charge in [0.2, 0.25) is 0 Å². The largest absolute Gasteiger partial charge is 0.508 e. The second kappa shape index (κ2) is 10.2. The lowest BCUT2D eigenvalue weighted by atomic mass is 10.0. The van der Waals surface area contributed by atoms with E-state index in [9.17, 15) is 29.6 Å². The fraction of sp³-hybridized carbons (Fsp3) is 0.476. The van der Waals surface area contributed by atoms with E-state index in [-0.39, 0.29) is 18.7 Å². The van der Waals surface area contributed by atoms with Crippen molar-refractivity contribution in [3.63, 3.8) is 0 Å². The number of nitro benzene ring substituents is 1. The second-order valence-corrected chi connectivity index (χ2v) is 8.06. The molecule has 2 aliphatic heterocycles. The van der Waals surface area contributed by atoms with Crippen LogP contribution in [0, 0.1) is 10.1 Å². The van der Waals surface area contributed by atoms with E-state index in [0.29, 0.717) is 5.56 Å². The molecule has 0 radical (unpaired) electrons. The highest BCUT2D eigenvalue weighted by Gasteiger charge is 2.44. The van der Waals surface area contributed by atoms with Gasteiger partial charge in [-0.2, -0.15) is 0 Å². The first-order valence-corrected chi connectivity index (χ1v) is 10.5. The van der Waals surface area contributed by atoms with Crippen LogP contribution in [0.2, 0.25) is 0 Å². The van der Waals surface area contributed by atoms with Crippen LogP contribution >= 0.6 is 0 Å². The Hall–Kier alpha value is -3.55. The number of nitrogens with zero attached hydrogens (tertiary/aromatic N) is 2. The Morgan fingerprint density at radius 1 is 1.44 bits per heavy atom. The molecule has 1 aromatic carbocycles. The van der Waals surface area contributed by atoms with Gasteiger partial charge in [-0.1, -0.05) is 25.1 Å². The van der Waals surface area contributed by atoms with Crippen LogP contribution < -0.4 is 11.1 Å². The lowest BCUT2D eigenvalue weighted by Crippen LogP contribution is -2.65. The Bertz CT molecular complexity index is 1000. The number of aliphatic hydroxyl groups excluding tert-OH is 1. The molecule has 13 heteroatoms. The first-order valence-electron chi connectivity index (χ1n) is 10.5. The predicted molar refractivity (Wildman–Crippen MR) is 115 cm³/mol. The average molecular weight is 478 g/mol. The predicted octanol–water partition coefficient (Wildman–Crippen LogP) is 1.11. The zero-order chi connectivity index (χ0) is 25.0. The maximum atomic E-state index is 12.4. The van der Waals surface area contributed by atoms with E-state index in [1.165, 1.54) is 25.3 Å². The van der Waals surface area contributed by atoms with E-state index in [1.54, 1.807) is 25.1 Å². The van der Waals surface area contributed by atoms with E-state index in [4.69, 9.17) is 19.9 Å². The molecule has 3 rings (SSSR count). The molecule has 1 fully saturated rings. The lowest BCUT2D eigenvalue weighted by molar-refractivity contribution is -0.385. The van der Waals surface area contributed by atoms with Crippen molar-refractivity contribution in [1.29, 1.82) is 0 Å². The average Bonchev–Trinajstić information content (AvgIpc) is 3.19. The van der Waals surface area contributed by atoms with Gasteiger partial charge in [0.1, 0.15) is 25.0 Å². The fourth-order valence-corrected chi connectivity index (χ4v) is 3.65. The van der Waals surface area contributed by atoms with E-state index >= 15 is 0 Å². The number of amides is 2. The maximum absolute atomic E-state index is 12.4. The third-order valence-corrected chi connectivity index (χ3v) is 5.66. The molecule has 2 heterocycles. The highest BCUT2D eigenvalue weighted by atomic mass is 16.7. The van der Waals surface area contributed by atoms with Crippen molar-refractivity contribution in [2.75, 3.05) is 13.2 Å². The number of aliphatic hydroxyl groups is 1. The molecule has 2 aliphatic rings. The summed E-state index contributed by atoms with van der Waals surface area (Å²) in [5, 5.41) is 23.2. The molecule has 2 amide bonds. The molecule has 5 atom stereocenters. The van der Waals surface area contributed by atoms with Crippen LogP contribution in [0.15, 0.2) is 36.5 Å². The molecular formula is C21H26N4O9. The Morgan fingerprint density at radius 2 is 2.15 bits per heavy atom. The van der Waals surface area contributed by atoms with E-state index in [2.05, 4.69) is 5.32 Å². The molecule has 0 aromatic heterocycles. The van der Waals surface area contributed by atoms with Crippen LogP contribution in [-0.2, 0) is 19.0 Å². The number of hydrogen-bond acceptors (Lipinski definition) is 10. The smallest absolute Gasteiger partial charge is 0.434 e. The molecule has 34 heavy (non-hydrogen) atoms. The molecule has 13 nitrogen and oxygen atoms in total. The summed E-state index contributed by atoms with van der Waals surface area (Å²) in [6.45, 7) is 2.24. The lowest BCUT2D eigenvalue weighted by Gasteiger charge is -2.35. The zero-order valence-electron chi connectivity index (χ0n) is 18.6. The second-order valence-electron chi connectivity index (χ2n) is 8.06. The third kappa shape index (κ3) is 5.32. The van der Waals surface area contributed by atoms with Crippen molar-refractivity contribution in [1.82, 2.24) is 10.2 Å². The summed E-state index contributed by atoms with van der Waals surface area (Å²) in [5.74, 6) is -0.938. The molecule has 0 spiro atoms. The standard InChI is InChI=1S/C21H26N4O9/c1-12(14-5-3-4-6-15(14)25(30)31)11-32-20(29)34-16-9-18(33-17(16)10-26)24-8-7-21(22,13(2)27)23-19(24)28/h3-8,12,16-18,26H,9-11,22H2,1-2H3,(H,23,28)/t12?,16-,17+,18+,21?/m0/s1. The van der Waals surface area contributed by atoms with Crippen molar-refractivity contribution in [2.45, 2.75) is 50.3 Å². The number of ether oxygens (including phenoxy) is 3. The van der Waals surface area contributed by atoms with E-state index in [1.807, 2.05) is 0 Å². The molecule has 0 aliphatic carbocycles. The summed E-state index contributed by atoms with van der Waals surface area (Å²) in [6.07, 6.45) is -1.17. The minimum absolute atomic E-state index is 0.0233. The molecule has 0 saturated carbocycles. The van der Waals surface area contributed by atoms with Crippen molar-refractivity contribution < 1.29 is 38.6 Å². The Balaban J connectivity index is 1.58. The first kappa shape index (κ1) is 25.1. The highest BCUT2D eigenvalue weighted by molar-refractivity contribution is 5.93. The molecule has 4 N–H and O–H groups in total. The number of hydrogen-bond donors (Lipinski definition) is 3. The summed E-state index contributed by atoms with van der Waals surface area (Å²) < 4.78 is 16.0. The topological polar surface area (TPSA) is 184 Å².